The molecule has 1 amide bonds. The Morgan fingerprint density at radius 1 is 1.19 bits per heavy atom. The molecule has 1 aromatic heterocycles. The third kappa shape index (κ3) is 3.72. The van der Waals surface area contributed by atoms with Crippen LogP contribution in [0.15, 0.2) is 59.7 Å². The molecule has 3 rings (SSSR count). The van der Waals surface area contributed by atoms with Crippen molar-refractivity contribution in [3.05, 3.63) is 65.9 Å². The summed E-state index contributed by atoms with van der Waals surface area (Å²) in [6.07, 6.45) is 0. The summed E-state index contributed by atoms with van der Waals surface area (Å²) in [5.74, 6) is 0.302. The van der Waals surface area contributed by atoms with Gasteiger partial charge in [-0.05, 0) is 42.8 Å². The number of ether oxygens (including phenoxy) is 1. The first-order valence-electron chi connectivity index (χ1n) is 7.98. The maximum atomic E-state index is 12.3. The number of hydrogen-bond donors (Lipinski definition) is 3. The number of hydrazone groups is 1. The van der Waals surface area contributed by atoms with Crippen LogP contribution in [0, 0.1) is 0 Å². The minimum Gasteiger partial charge on any atom is -0.496 e. The molecule has 0 aliphatic heterocycles. The highest BCUT2D eigenvalue weighted by molar-refractivity contribution is 6.00. The first kappa shape index (κ1) is 17.2. The first-order valence-corrected chi connectivity index (χ1v) is 7.98. The standard InChI is InChI=1S/C19H19N5O2/c1-12(13-7-9-14(20)10-8-13)21-24-19(25)17-11-16(22-23-17)15-5-3-4-6-18(15)26-2/h3-11H,20H2,1-2H3,(H,22,23)(H,24,25). The van der Waals surface area contributed by atoms with Crippen molar-refractivity contribution >= 4 is 17.3 Å². The molecule has 0 aliphatic rings. The van der Waals surface area contributed by atoms with Gasteiger partial charge in [-0.2, -0.15) is 10.2 Å². The molecule has 0 spiro atoms. The van der Waals surface area contributed by atoms with Crippen LogP contribution < -0.4 is 15.9 Å². The number of carbonyl (C=O) groups is 1. The number of nitrogens with zero attached hydrogens (tertiary/aromatic N) is 2. The first-order chi connectivity index (χ1) is 12.6. The number of aromatic amines is 1. The largest absolute Gasteiger partial charge is 0.496 e. The molecule has 1 heterocycles. The zero-order chi connectivity index (χ0) is 18.5. The van der Waals surface area contributed by atoms with Crippen LogP contribution in [0.2, 0.25) is 0 Å². The second kappa shape index (κ2) is 7.52. The van der Waals surface area contributed by atoms with Crippen LogP contribution in [0.3, 0.4) is 0 Å². The van der Waals surface area contributed by atoms with Gasteiger partial charge in [0.05, 0.1) is 18.5 Å². The molecule has 132 valence electrons. The Morgan fingerprint density at radius 3 is 2.65 bits per heavy atom. The molecular weight excluding hydrogens is 330 g/mol. The van der Waals surface area contributed by atoms with Crippen LogP contribution >= 0.6 is 0 Å². The average Bonchev–Trinajstić information content (AvgIpc) is 3.16. The van der Waals surface area contributed by atoms with E-state index in [9.17, 15) is 4.79 Å². The Kier molecular flexibility index (Phi) is 4.98. The van der Waals surface area contributed by atoms with Crippen LogP contribution in [0.1, 0.15) is 23.0 Å². The molecule has 0 aliphatic carbocycles. The van der Waals surface area contributed by atoms with Gasteiger partial charge in [0.2, 0.25) is 0 Å². The number of benzene rings is 2. The second-order valence-corrected chi connectivity index (χ2v) is 5.63. The van der Waals surface area contributed by atoms with Gasteiger partial charge in [-0.1, -0.05) is 24.3 Å². The number of para-hydroxylation sites is 1. The molecule has 0 fully saturated rings. The van der Waals surface area contributed by atoms with E-state index in [4.69, 9.17) is 10.5 Å². The van der Waals surface area contributed by atoms with Crippen molar-refractivity contribution in [2.75, 3.05) is 12.8 Å². The van der Waals surface area contributed by atoms with Crippen molar-refractivity contribution < 1.29 is 9.53 Å². The smallest absolute Gasteiger partial charge is 0.289 e. The SMILES string of the molecule is COc1ccccc1-c1cc(C(=O)NN=C(C)c2ccc(N)cc2)[nH]n1. The molecule has 7 heteroatoms. The normalized spacial score (nSPS) is 11.2. The Balaban J connectivity index is 1.74. The van der Waals surface area contributed by atoms with E-state index in [1.807, 2.05) is 36.4 Å². The summed E-state index contributed by atoms with van der Waals surface area (Å²) in [5.41, 5.74) is 12.1. The van der Waals surface area contributed by atoms with Crippen LogP contribution in [-0.2, 0) is 0 Å². The Morgan fingerprint density at radius 2 is 1.92 bits per heavy atom. The van der Waals surface area contributed by atoms with Crippen LogP contribution in [0.4, 0.5) is 5.69 Å². The van der Waals surface area contributed by atoms with Crippen molar-refractivity contribution in [1.82, 2.24) is 15.6 Å². The molecule has 0 saturated heterocycles. The van der Waals surface area contributed by atoms with E-state index >= 15 is 0 Å². The van der Waals surface area contributed by atoms with Gasteiger partial charge < -0.3 is 10.5 Å². The third-order valence-corrected chi connectivity index (χ3v) is 3.86. The molecule has 2 aromatic carbocycles. The van der Waals surface area contributed by atoms with E-state index in [-0.39, 0.29) is 5.91 Å². The van der Waals surface area contributed by atoms with E-state index in [0.717, 1.165) is 11.1 Å². The molecule has 3 aromatic rings. The fourth-order valence-electron chi connectivity index (χ4n) is 2.42. The van der Waals surface area contributed by atoms with Crippen LogP contribution in [0.25, 0.3) is 11.3 Å². The number of hydrogen-bond acceptors (Lipinski definition) is 5. The van der Waals surface area contributed by atoms with Gasteiger partial charge in [0.25, 0.3) is 5.91 Å². The molecule has 26 heavy (non-hydrogen) atoms. The number of nitrogen functional groups attached to an aromatic ring is 1. The summed E-state index contributed by atoms with van der Waals surface area (Å²) in [4.78, 5) is 12.3. The topological polar surface area (TPSA) is 105 Å². The number of H-pyrrole nitrogens is 1. The Bertz CT molecular complexity index is 945. The number of aromatic nitrogens is 2. The van der Waals surface area contributed by atoms with E-state index in [2.05, 4.69) is 20.7 Å². The highest BCUT2D eigenvalue weighted by Crippen LogP contribution is 2.28. The second-order valence-electron chi connectivity index (χ2n) is 5.63. The molecule has 0 unspecified atom stereocenters. The fourth-order valence-corrected chi connectivity index (χ4v) is 2.42. The molecule has 7 nitrogen and oxygen atoms in total. The van der Waals surface area contributed by atoms with Gasteiger partial charge in [-0.3, -0.25) is 9.89 Å². The van der Waals surface area contributed by atoms with Gasteiger partial charge >= 0.3 is 0 Å². The average molecular weight is 349 g/mol. The summed E-state index contributed by atoms with van der Waals surface area (Å²) in [7, 11) is 1.59. The molecular formula is C19H19N5O2. The number of methoxy groups -OCH3 is 1. The van der Waals surface area contributed by atoms with Crippen molar-refractivity contribution in [3.63, 3.8) is 0 Å². The number of carbonyl (C=O) groups excluding carboxylic acids is 1. The Labute approximate surface area is 150 Å². The Hall–Kier alpha value is -3.61. The monoisotopic (exact) mass is 349 g/mol. The fraction of sp³-hybridized carbons (Fsp3) is 0.105. The molecule has 0 saturated carbocycles. The summed E-state index contributed by atoms with van der Waals surface area (Å²) >= 11 is 0. The third-order valence-electron chi connectivity index (χ3n) is 3.86. The van der Waals surface area contributed by atoms with Crippen molar-refractivity contribution in [1.29, 1.82) is 0 Å². The molecule has 4 N–H and O–H groups in total. The molecule has 0 bridgehead atoms. The lowest BCUT2D eigenvalue weighted by Gasteiger charge is -2.04. The van der Waals surface area contributed by atoms with Gasteiger partial charge in [-0.15, -0.1) is 0 Å². The highest BCUT2D eigenvalue weighted by atomic mass is 16.5. The predicted octanol–water partition coefficient (Wildman–Crippen LogP) is 2.82. The van der Waals surface area contributed by atoms with Gasteiger partial charge in [0, 0.05) is 11.3 Å². The number of nitrogens with two attached hydrogens (primary N) is 1. The summed E-state index contributed by atoms with van der Waals surface area (Å²) in [6.45, 7) is 1.80. The van der Waals surface area contributed by atoms with Crippen LogP contribution in [0.5, 0.6) is 5.75 Å². The van der Waals surface area contributed by atoms with Crippen molar-refractivity contribution in [3.8, 4) is 17.0 Å². The zero-order valence-electron chi connectivity index (χ0n) is 14.5. The maximum Gasteiger partial charge on any atom is 0.289 e. The lowest BCUT2D eigenvalue weighted by atomic mass is 10.1. The number of rotatable bonds is 5. The summed E-state index contributed by atoms with van der Waals surface area (Å²) in [5, 5.41) is 11.0. The highest BCUT2D eigenvalue weighted by Gasteiger charge is 2.13. The quantitative estimate of drug-likeness (QED) is 0.374. The maximum absolute atomic E-state index is 12.3. The lowest BCUT2D eigenvalue weighted by molar-refractivity contribution is 0.0950. The van der Waals surface area contributed by atoms with Gasteiger partial charge in [0.1, 0.15) is 11.4 Å². The van der Waals surface area contributed by atoms with Crippen LogP contribution in [-0.4, -0.2) is 28.9 Å². The minimum absolute atomic E-state index is 0.305. The van der Waals surface area contributed by atoms with Gasteiger partial charge in [0.15, 0.2) is 0 Å². The summed E-state index contributed by atoms with van der Waals surface area (Å²) in [6, 6.07) is 16.4. The molecule has 0 atom stereocenters. The van der Waals surface area contributed by atoms with E-state index in [1.165, 1.54) is 0 Å². The van der Waals surface area contributed by atoms with Gasteiger partial charge in [-0.25, -0.2) is 5.43 Å². The number of amides is 1. The predicted molar refractivity (Wildman–Crippen MR) is 101 cm³/mol. The number of anilines is 1. The minimum atomic E-state index is -0.381. The summed E-state index contributed by atoms with van der Waals surface area (Å²) < 4.78 is 5.32. The van der Waals surface area contributed by atoms with E-state index in [1.54, 1.807) is 32.2 Å². The van der Waals surface area contributed by atoms with Crippen molar-refractivity contribution in [2.45, 2.75) is 6.92 Å². The number of nitrogens with one attached hydrogen (secondary N) is 2. The lowest BCUT2D eigenvalue weighted by Crippen LogP contribution is -2.19. The molecule has 0 radical (unpaired) electrons. The van der Waals surface area contributed by atoms with Crippen molar-refractivity contribution in [2.24, 2.45) is 5.10 Å². The zero-order valence-corrected chi connectivity index (χ0v) is 14.5. The van der Waals surface area contributed by atoms with E-state index in [0.29, 0.717) is 28.5 Å². The van der Waals surface area contributed by atoms with E-state index < -0.39 is 0 Å².